The van der Waals surface area contributed by atoms with Crippen LogP contribution in [0.25, 0.3) is 0 Å². The Morgan fingerprint density at radius 3 is 2.67 bits per heavy atom. The van der Waals surface area contributed by atoms with Crippen LogP contribution in [0.3, 0.4) is 0 Å². The second-order valence-electron chi connectivity index (χ2n) is 7.09. The van der Waals surface area contributed by atoms with Crippen molar-refractivity contribution in [2.24, 2.45) is 0 Å². The molecule has 1 heterocycles. The number of nitrogens with zero attached hydrogens (tertiary/aromatic N) is 2. The van der Waals surface area contributed by atoms with Crippen LogP contribution in [0.15, 0.2) is 29.6 Å². The van der Waals surface area contributed by atoms with Gasteiger partial charge in [-0.15, -0.1) is 0 Å². The van der Waals surface area contributed by atoms with E-state index >= 15 is 0 Å². The first-order valence-electron chi connectivity index (χ1n) is 8.46. The predicted octanol–water partition coefficient (Wildman–Crippen LogP) is 5.12. The number of alkyl halides is 3. The monoisotopic (exact) mass is 395 g/mol. The number of hydrogen-bond donors (Lipinski definition) is 1. The Labute approximate surface area is 160 Å². The van der Waals surface area contributed by atoms with E-state index in [2.05, 4.69) is 15.3 Å². The van der Waals surface area contributed by atoms with Crippen LogP contribution in [0.1, 0.15) is 60.3 Å². The lowest BCUT2D eigenvalue weighted by atomic mass is 9.84. The van der Waals surface area contributed by atoms with Crippen molar-refractivity contribution in [3.63, 3.8) is 0 Å². The molecule has 1 amide bonds. The summed E-state index contributed by atoms with van der Waals surface area (Å²) in [5.41, 5.74) is 0.338. The fourth-order valence-electron chi connectivity index (χ4n) is 3.65. The van der Waals surface area contributed by atoms with Gasteiger partial charge in [0.1, 0.15) is 11.9 Å². The molecule has 0 saturated heterocycles. The standard InChI is InChI=1S/C19H20F3N3OS/c1-9-13-11(19(2,3)15(9)20)6-5-7-12(13)24-17(26)10-8-23-18(27-4)25-14(10)16(21)22/h5-9,15-16H,1-4H3,(H,24,26). The highest BCUT2D eigenvalue weighted by molar-refractivity contribution is 7.98. The second-order valence-corrected chi connectivity index (χ2v) is 7.86. The van der Waals surface area contributed by atoms with Gasteiger partial charge < -0.3 is 5.32 Å². The molecule has 8 heteroatoms. The second kappa shape index (κ2) is 7.14. The topological polar surface area (TPSA) is 54.9 Å². The third-order valence-electron chi connectivity index (χ3n) is 5.06. The largest absolute Gasteiger partial charge is 0.322 e. The maximum absolute atomic E-state index is 14.7. The molecule has 0 saturated carbocycles. The number of fused-ring (bicyclic) bond motifs is 1. The summed E-state index contributed by atoms with van der Waals surface area (Å²) in [5.74, 6) is -1.16. The molecular weight excluding hydrogens is 375 g/mol. The first-order valence-corrected chi connectivity index (χ1v) is 9.68. The number of benzene rings is 1. The number of hydrogen-bond acceptors (Lipinski definition) is 4. The number of rotatable bonds is 4. The normalized spacial score (nSPS) is 20.6. The molecule has 0 aliphatic heterocycles. The Morgan fingerprint density at radius 1 is 1.33 bits per heavy atom. The Balaban J connectivity index is 1.99. The number of aromatic nitrogens is 2. The molecule has 27 heavy (non-hydrogen) atoms. The van der Waals surface area contributed by atoms with E-state index in [4.69, 9.17) is 0 Å². The summed E-state index contributed by atoms with van der Waals surface area (Å²) in [5, 5.41) is 2.82. The molecule has 1 aromatic carbocycles. The zero-order valence-corrected chi connectivity index (χ0v) is 16.2. The van der Waals surface area contributed by atoms with Crippen molar-refractivity contribution in [2.45, 2.75) is 49.9 Å². The van der Waals surface area contributed by atoms with Crippen molar-refractivity contribution in [2.75, 3.05) is 11.6 Å². The first-order chi connectivity index (χ1) is 12.7. The van der Waals surface area contributed by atoms with Crippen LogP contribution in [0, 0.1) is 0 Å². The summed E-state index contributed by atoms with van der Waals surface area (Å²) in [6.45, 7) is 5.39. The smallest absolute Gasteiger partial charge is 0.281 e. The van der Waals surface area contributed by atoms with E-state index in [-0.39, 0.29) is 10.7 Å². The highest BCUT2D eigenvalue weighted by Gasteiger charge is 2.46. The van der Waals surface area contributed by atoms with Crippen molar-refractivity contribution < 1.29 is 18.0 Å². The Bertz CT molecular complexity index is 888. The van der Waals surface area contributed by atoms with Gasteiger partial charge in [0.15, 0.2) is 5.16 Å². The van der Waals surface area contributed by atoms with Gasteiger partial charge in [0, 0.05) is 23.2 Å². The number of nitrogens with one attached hydrogen (secondary N) is 1. The Kier molecular flexibility index (Phi) is 5.20. The molecule has 2 atom stereocenters. The lowest BCUT2D eigenvalue weighted by Gasteiger charge is -2.23. The number of thioether (sulfide) groups is 1. The summed E-state index contributed by atoms with van der Waals surface area (Å²) >= 11 is 1.11. The molecular formula is C19H20F3N3OS. The molecule has 1 N–H and O–H groups in total. The molecule has 1 aromatic heterocycles. The molecule has 1 aliphatic rings. The zero-order chi connectivity index (χ0) is 19.9. The van der Waals surface area contributed by atoms with Crippen molar-refractivity contribution in [3.05, 3.63) is 46.8 Å². The lowest BCUT2D eigenvalue weighted by molar-refractivity contribution is 0.100. The molecule has 2 aromatic rings. The van der Waals surface area contributed by atoms with Crippen LogP contribution in [-0.2, 0) is 5.41 Å². The minimum Gasteiger partial charge on any atom is -0.322 e. The van der Waals surface area contributed by atoms with E-state index in [1.807, 2.05) is 19.9 Å². The molecule has 1 aliphatic carbocycles. The number of anilines is 1. The van der Waals surface area contributed by atoms with Gasteiger partial charge in [-0.05, 0) is 23.4 Å². The number of halogens is 3. The average Bonchev–Trinajstić information content (AvgIpc) is 2.82. The van der Waals surface area contributed by atoms with E-state index in [1.165, 1.54) is 0 Å². The third-order valence-corrected chi connectivity index (χ3v) is 5.62. The molecule has 2 unspecified atom stereocenters. The van der Waals surface area contributed by atoms with Crippen LogP contribution >= 0.6 is 11.8 Å². The Morgan fingerprint density at radius 2 is 2.04 bits per heavy atom. The van der Waals surface area contributed by atoms with Crippen LogP contribution in [0.2, 0.25) is 0 Å². The molecule has 0 radical (unpaired) electrons. The molecule has 3 rings (SSSR count). The van der Waals surface area contributed by atoms with Crippen molar-refractivity contribution in [3.8, 4) is 0 Å². The van der Waals surface area contributed by atoms with Gasteiger partial charge >= 0.3 is 0 Å². The van der Waals surface area contributed by atoms with Gasteiger partial charge in [0.25, 0.3) is 12.3 Å². The maximum atomic E-state index is 14.7. The molecule has 0 spiro atoms. The first kappa shape index (κ1) is 19.7. The minimum atomic E-state index is -2.91. The predicted molar refractivity (Wildman–Crippen MR) is 99.5 cm³/mol. The summed E-state index contributed by atoms with van der Waals surface area (Å²) in [7, 11) is 0. The number of carbonyl (C=O) groups excluding carboxylic acids is 1. The highest BCUT2D eigenvalue weighted by atomic mass is 32.2. The van der Waals surface area contributed by atoms with Crippen LogP contribution in [0.4, 0.5) is 18.9 Å². The van der Waals surface area contributed by atoms with Crippen LogP contribution < -0.4 is 5.32 Å². The van der Waals surface area contributed by atoms with Gasteiger partial charge in [-0.2, -0.15) is 0 Å². The zero-order valence-electron chi connectivity index (χ0n) is 15.4. The summed E-state index contributed by atoms with van der Waals surface area (Å²) in [6.07, 6.45) is -1.25. The minimum absolute atomic E-state index is 0.165. The van der Waals surface area contributed by atoms with Crippen molar-refractivity contribution in [1.29, 1.82) is 0 Å². The summed E-state index contributed by atoms with van der Waals surface area (Å²) < 4.78 is 41.4. The van der Waals surface area contributed by atoms with Gasteiger partial charge in [0.2, 0.25) is 0 Å². The average molecular weight is 395 g/mol. The SMILES string of the molecule is CSc1ncc(C(=O)Nc2cccc3c2C(C)C(F)C3(C)C)c(C(F)F)n1. The third kappa shape index (κ3) is 3.31. The number of amides is 1. The molecule has 0 fully saturated rings. The van der Waals surface area contributed by atoms with E-state index in [0.29, 0.717) is 11.3 Å². The van der Waals surface area contributed by atoms with E-state index < -0.39 is 35.5 Å². The highest BCUT2D eigenvalue weighted by Crippen LogP contribution is 2.50. The van der Waals surface area contributed by atoms with Gasteiger partial charge in [0.05, 0.1) is 5.56 Å². The van der Waals surface area contributed by atoms with Crippen molar-refractivity contribution in [1.82, 2.24) is 9.97 Å². The quantitative estimate of drug-likeness (QED) is 0.577. The summed E-state index contributed by atoms with van der Waals surface area (Å²) in [4.78, 5) is 20.3. The molecule has 0 bridgehead atoms. The Hall–Kier alpha value is -2.09. The van der Waals surface area contributed by atoms with Crippen molar-refractivity contribution >= 4 is 23.4 Å². The van der Waals surface area contributed by atoms with E-state index in [9.17, 15) is 18.0 Å². The molecule has 144 valence electrons. The van der Waals surface area contributed by atoms with E-state index in [0.717, 1.165) is 23.5 Å². The number of carbonyl (C=O) groups is 1. The summed E-state index contributed by atoms with van der Waals surface area (Å²) in [6, 6.07) is 5.21. The van der Waals surface area contributed by atoms with E-state index in [1.54, 1.807) is 25.3 Å². The fraction of sp³-hybridized carbons (Fsp3) is 0.421. The molecule has 4 nitrogen and oxygen atoms in total. The van der Waals surface area contributed by atoms with Gasteiger partial charge in [-0.25, -0.2) is 23.1 Å². The van der Waals surface area contributed by atoms with Crippen LogP contribution in [0.5, 0.6) is 0 Å². The van der Waals surface area contributed by atoms with Crippen LogP contribution in [-0.4, -0.2) is 28.3 Å². The van der Waals surface area contributed by atoms with Gasteiger partial charge in [-0.3, -0.25) is 4.79 Å². The maximum Gasteiger partial charge on any atom is 0.281 e. The fourth-order valence-corrected chi connectivity index (χ4v) is 4.00. The lowest BCUT2D eigenvalue weighted by Crippen LogP contribution is -2.26. The van der Waals surface area contributed by atoms with Gasteiger partial charge in [-0.1, -0.05) is 44.7 Å².